The zero-order valence-electron chi connectivity index (χ0n) is 12.1. The first-order chi connectivity index (χ1) is 9.86. The fraction of sp³-hybridized carbons (Fsp3) is 0.625. The molecular weight excluding hydrogens is 254 g/mol. The molecule has 1 fully saturated rings. The van der Waals surface area contributed by atoms with Gasteiger partial charge in [0.25, 0.3) is 0 Å². The van der Waals surface area contributed by atoms with Crippen molar-refractivity contribution < 1.29 is 14.2 Å². The predicted octanol–water partition coefficient (Wildman–Crippen LogP) is 2.68. The lowest BCUT2D eigenvalue weighted by atomic mass is 9.96. The van der Waals surface area contributed by atoms with E-state index in [1.807, 2.05) is 13.1 Å². The highest BCUT2D eigenvalue weighted by Gasteiger charge is 2.21. The summed E-state index contributed by atoms with van der Waals surface area (Å²) < 4.78 is 17.3. The molecule has 1 saturated carbocycles. The summed E-state index contributed by atoms with van der Waals surface area (Å²) in [4.78, 5) is 0. The molecule has 1 aromatic carbocycles. The van der Waals surface area contributed by atoms with E-state index in [1.54, 1.807) is 0 Å². The topological polar surface area (TPSA) is 39.7 Å². The molecule has 1 aliphatic carbocycles. The lowest BCUT2D eigenvalue weighted by Gasteiger charge is -2.28. The van der Waals surface area contributed by atoms with Gasteiger partial charge in [0, 0.05) is 6.42 Å². The molecule has 4 heteroatoms. The van der Waals surface area contributed by atoms with E-state index in [-0.39, 0.29) is 6.04 Å². The fourth-order valence-corrected chi connectivity index (χ4v) is 2.51. The number of likely N-dealkylation sites (N-methyl/N-ethyl adjacent to an activating group) is 1. The minimum absolute atomic E-state index is 0.202. The molecule has 1 unspecified atom stereocenters. The molecule has 0 aromatic heterocycles. The second kappa shape index (κ2) is 6.46. The molecule has 0 spiro atoms. The maximum atomic E-state index is 5.92. The zero-order valence-corrected chi connectivity index (χ0v) is 12.1. The Balaban J connectivity index is 1.68. The summed E-state index contributed by atoms with van der Waals surface area (Å²) in [6.07, 6.45) is 5.12. The average Bonchev–Trinajstić information content (AvgIpc) is 2.66. The second-order valence-electron chi connectivity index (χ2n) is 5.48. The van der Waals surface area contributed by atoms with Crippen molar-refractivity contribution in [3.05, 3.63) is 23.8 Å². The van der Waals surface area contributed by atoms with Crippen molar-refractivity contribution in [1.29, 1.82) is 0 Å². The molecule has 2 aliphatic rings. The quantitative estimate of drug-likeness (QED) is 0.898. The summed E-state index contributed by atoms with van der Waals surface area (Å²) in [6.45, 7) is 2.16. The lowest BCUT2D eigenvalue weighted by Crippen LogP contribution is -2.28. The van der Waals surface area contributed by atoms with Crippen molar-refractivity contribution in [2.24, 2.45) is 0 Å². The molecule has 1 aliphatic heterocycles. The number of ether oxygens (including phenoxy) is 3. The van der Waals surface area contributed by atoms with Gasteiger partial charge < -0.3 is 19.5 Å². The van der Waals surface area contributed by atoms with Crippen LogP contribution in [0.15, 0.2) is 18.2 Å². The van der Waals surface area contributed by atoms with Gasteiger partial charge >= 0.3 is 0 Å². The predicted molar refractivity (Wildman–Crippen MR) is 77.4 cm³/mol. The first-order valence-electron chi connectivity index (χ1n) is 7.55. The van der Waals surface area contributed by atoms with Crippen LogP contribution < -0.4 is 14.8 Å². The van der Waals surface area contributed by atoms with E-state index in [0.717, 1.165) is 31.1 Å². The molecule has 1 atom stereocenters. The second-order valence-corrected chi connectivity index (χ2v) is 5.48. The van der Waals surface area contributed by atoms with Gasteiger partial charge in [0.15, 0.2) is 11.5 Å². The third kappa shape index (κ3) is 3.07. The summed E-state index contributed by atoms with van der Waals surface area (Å²) in [5.74, 6) is 1.70. The van der Waals surface area contributed by atoms with E-state index < -0.39 is 0 Å². The van der Waals surface area contributed by atoms with Crippen molar-refractivity contribution >= 4 is 0 Å². The summed E-state index contributed by atoms with van der Waals surface area (Å²) in [7, 11) is 1.97. The van der Waals surface area contributed by atoms with Gasteiger partial charge in [0.05, 0.1) is 32.0 Å². The van der Waals surface area contributed by atoms with Crippen LogP contribution in [0.1, 0.15) is 37.3 Å². The largest absolute Gasteiger partial charge is 0.490 e. The van der Waals surface area contributed by atoms with Gasteiger partial charge in [0.2, 0.25) is 0 Å². The SMILES string of the molecule is CNC(COC1CCC1)c1ccc2c(c1)OCCCO2. The Morgan fingerprint density at radius 2 is 2.00 bits per heavy atom. The number of rotatable bonds is 5. The molecule has 1 heterocycles. The summed E-state index contributed by atoms with van der Waals surface area (Å²) in [5.41, 5.74) is 1.19. The lowest BCUT2D eigenvalue weighted by molar-refractivity contribution is -0.00796. The zero-order chi connectivity index (χ0) is 13.8. The van der Waals surface area contributed by atoms with Crippen molar-refractivity contribution in [1.82, 2.24) is 5.32 Å². The smallest absolute Gasteiger partial charge is 0.161 e. The van der Waals surface area contributed by atoms with E-state index in [4.69, 9.17) is 14.2 Å². The molecule has 20 heavy (non-hydrogen) atoms. The maximum absolute atomic E-state index is 5.92. The highest BCUT2D eigenvalue weighted by atomic mass is 16.5. The Bertz CT molecular complexity index is 445. The maximum Gasteiger partial charge on any atom is 0.161 e. The number of hydrogen-bond donors (Lipinski definition) is 1. The van der Waals surface area contributed by atoms with Crippen molar-refractivity contribution in [3.8, 4) is 11.5 Å². The Morgan fingerprint density at radius 1 is 1.20 bits per heavy atom. The molecule has 110 valence electrons. The number of nitrogens with one attached hydrogen (secondary N) is 1. The third-order valence-electron chi connectivity index (χ3n) is 4.07. The number of hydrogen-bond acceptors (Lipinski definition) is 4. The van der Waals surface area contributed by atoms with Crippen molar-refractivity contribution in [3.63, 3.8) is 0 Å². The normalized spacial score (nSPS) is 20.1. The molecule has 0 bridgehead atoms. The highest BCUT2D eigenvalue weighted by Crippen LogP contribution is 2.32. The van der Waals surface area contributed by atoms with Crippen LogP contribution in [-0.2, 0) is 4.74 Å². The Labute approximate surface area is 120 Å². The van der Waals surface area contributed by atoms with E-state index in [0.29, 0.717) is 12.7 Å². The standard InChI is InChI=1S/C16H23NO3/c1-17-14(11-20-13-4-2-5-13)12-6-7-15-16(10-12)19-9-3-8-18-15/h6-7,10,13-14,17H,2-5,8-9,11H2,1H3. The summed E-state index contributed by atoms with van der Waals surface area (Å²) >= 11 is 0. The fourth-order valence-electron chi connectivity index (χ4n) is 2.51. The van der Waals surface area contributed by atoms with Crippen molar-refractivity contribution in [2.45, 2.75) is 37.8 Å². The molecule has 3 rings (SSSR count). The van der Waals surface area contributed by atoms with Gasteiger partial charge in [0.1, 0.15) is 0 Å². The van der Waals surface area contributed by atoms with Crippen molar-refractivity contribution in [2.75, 3.05) is 26.9 Å². The average molecular weight is 277 g/mol. The molecule has 4 nitrogen and oxygen atoms in total. The molecule has 0 amide bonds. The van der Waals surface area contributed by atoms with Crippen LogP contribution in [0.5, 0.6) is 11.5 Å². The monoisotopic (exact) mass is 277 g/mol. The third-order valence-corrected chi connectivity index (χ3v) is 4.07. The van der Waals surface area contributed by atoms with Crippen LogP contribution in [0.2, 0.25) is 0 Å². The summed E-state index contributed by atoms with van der Waals surface area (Å²) in [6, 6.07) is 6.38. The number of benzene rings is 1. The van der Waals surface area contributed by atoms with Gasteiger partial charge in [-0.25, -0.2) is 0 Å². The Hall–Kier alpha value is -1.26. The van der Waals surface area contributed by atoms with Crippen LogP contribution >= 0.6 is 0 Å². The van der Waals surface area contributed by atoms with E-state index >= 15 is 0 Å². The van der Waals surface area contributed by atoms with Gasteiger partial charge in [-0.2, -0.15) is 0 Å². The minimum atomic E-state index is 0.202. The summed E-state index contributed by atoms with van der Waals surface area (Å²) in [5, 5.41) is 3.32. The molecule has 0 saturated heterocycles. The van der Waals surface area contributed by atoms with Crippen LogP contribution in [0, 0.1) is 0 Å². The first kappa shape index (κ1) is 13.7. The minimum Gasteiger partial charge on any atom is -0.490 e. The first-order valence-corrected chi connectivity index (χ1v) is 7.55. The van der Waals surface area contributed by atoms with Gasteiger partial charge in [-0.05, 0) is 44.0 Å². The Morgan fingerprint density at radius 3 is 2.70 bits per heavy atom. The van der Waals surface area contributed by atoms with Gasteiger partial charge in [-0.15, -0.1) is 0 Å². The number of fused-ring (bicyclic) bond motifs is 1. The van der Waals surface area contributed by atoms with Crippen LogP contribution in [0.4, 0.5) is 0 Å². The Kier molecular flexibility index (Phi) is 4.43. The van der Waals surface area contributed by atoms with Gasteiger partial charge in [-0.1, -0.05) is 6.07 Å². The van der Waals surface area contributed by atoms with Crippen LogP contribution in [0.25, 0.3) is 0 Å². The molecule has 1 aromatic rings. The molecule has 0 radical (unpaired) electrons. The highest BCUT2D eigenvalue weighted by molar-refractivity contribution is 5.44. The van der Waals surface area contributed by atoms with Gasteiger partial charge in [-0.3, -0.25) is 0 Å². The van der Waals surface area contributed by atoms with E-state index in [9.17, 15) is 0 Å². The van der Waals surface area contributed by atoms with E-state index in [1.165, 1.54) is 24.8 Å². The molecular formula is C16H23NO3. The molecule has 1 N–H and O–H groups in total. The van der Waals surface area contributed by atoms with E-state index in [2.05, 4.69) is 17.4 Å². The van der Waals surface area contributed by atoms with Crippen LogP contribution in [0.3, 0.4) is 0 Å². The van der Waals surface area contributed by atoms with Crippen LogP contribution in [-0.4, -0.2) is 33.0 Å².